The maximum absolute atomic E-state index is 12.9. The Bertz CT molecular complexity index is 943. The van der Waals surface area contributed by atoms with Crippen molar-refractivity contribution < 1.29 is 24.1 Å². The molecule has 1 amide bonds. The Balaban J connectivity index is 1.88. The van der Waals surface area contributed by atoms with Gasteiger partial charge in [-0.1, -0.05) is 0 Å². The summed E-state index contributed by atoms with van der Waals surface area (Å²) in [4.78, 5) is 15.7. The van der Waals surface area contributed by atoms with Crippen molar-refractivity contribution in [1.29, 1.82) is 0 Å². The Morgan fingerprint density at radius 2 is 1.67 bits per heavy atom. The Kier molecular flexibility index (Phi) is 5.44. The van der Waals surface area contributed by atoms with Crippen LogP contribution in [-0.4, -0.2) is 27.7 Å². The molecule has 0 bridgehead atoms. The number of aliphatic hydroxyl groups is 2. The fourth-order valence-electron chi connectivity index (χ4n) is 2.46. The lowest BCUT2D eigenvalue weighted by Gasteiger charge is -2.12. The highest BCUT2D eigenvalue weighted by Gasteiger charge is 2.14. The van der Waals surface area contributed by atoms with E-state index in [-0.39, 0.29) is 11.5 Å². The van der Waals surface area contributed by atoms with Gasteiger partial charge in [0.05, 0.1) is 12.3 Å². The molecule has 3 aromatic rings. The standard InChI is InChI=1S/C20H17FN2O4/c21-14-3-7-16(8-4-14)27-15-5-1-12(2-6-15)17-9-13(19(25)11-24)10-18(23-17)20(22)26/h1-10,19,24-25H,11H2,(H2,22,26)/t19-/m0/s1. The maximum atomic E-state index is 12.9. The highest BCUT2D eigenvalue weighted by molar-refractivity contribution is 5.91. The van der Waals surface area contributed by atoms with Gasteiger partial charge >= 0.3 is 0 Å². The lowest BCUT2D eigenvalue weighted by molar-refractivity contribution is 0.0948. The number of hydrogen-bond donors (Lipinski definition) is 3. The molecule has 1 aromatic heterocycles. The predicted octanol–water partition coefficient (Wildman–Crippen LogP) is 2.80. The summed E-state index contributed by atoms with van der Waals surface area (Å²) in [5.41, 5.74) is 6.70. The molecule has 138 valence electrons. The van der Waals surface area contributed by atoms with Gasteiger partial charge in [-0.25, -0.2) is 9.37 Å². The van der Waals surface area contributed by atoms with E-state index in [0.717, 1.165) is 0 Å². The zero-order valence-corrected chi connectivity index (χ0v) is 14.2. The second kappa shape index (κ2) is 7.94. The van der Waals surface area contributed by atoms with Gasteiger partial charge in [0.2, 0.25) is 0 Å². The molecule has 0 aliphatic heterocycles. The van der Waals surface area contributed by atoms with Crippen molar-refractivity contribution in [3.63, 3.8) is 0 Å². The number of carbonyl (C=O) groups excluding carboxylic acids is 1. The average molecular weight is 368 g/mol. The molecule has 0 spiro atoms. The topological polar surface area (TPSA) is 106 Å². The van der Waals surface area contributed by atoms with Crippen LogP contribution >= 0.6 is 0 Å². The van der Waals surface area contributed by atoms with Gasteiger partial charge < -0.3 is 20.7 Å². The van der Waals surface area contributed by atoms with Crippen molar-refractivity contribution in [3.8, 4) is 22.8 Å². The third-order valence-electron chi connectivity index (χ3n) is 3.86. The molecule has 0 aliphatic rings. The van der Waals surface area contributed by atoms with Gasteiger partial charge in [0.1, 0.15) is 29.1 Å². The number of nitrogens with two attached hydrogens (primary N) is 1. The Morgan fingerprint density at radius 1 is 1.07 bits per heavy atom. The van der Waals surface area contributed by atoms with Crippen LogP contribution in [0.4, 0.5) is 4.39 Å². The first kappa shape index (κ1) is 18.5. The second-order valence-electron chi connectivity index (χ2n) is 5.81. The fraction of sp³-hybridized carbons (Fsp3) is 0.100. The van der Waals surface area contributed by atoms with Gasteiger partial charge in [-0.3, -0.25) is 4.79 Å². The quantitative estimate of drug-likeness (QED) is 0.620. The van der Waals surface area contributed by atoms with E-state index < -0.39 is 18.6 Å². The molecule has 4 N–H and O–H groups in total. The molecular formula is C20H17FN2O4. The fourth-order valence-corrected chi connectivity index (χ4v) is 2.46. The molecule has 0 unspecified atom stereocenters. The van der Waals surface area contributed by atoms with Crippen molar-refractivity contribution in [3.05, 3.63) is 77.7 Å². The number of pyridine rings is 1. The first-order valence-electron chi connectivity index (χ1n) is 8.11. The number of hydrogen-bond acceptors (Lipinski definition) is 5. The van der Waals surface area contributed by atoms with Gasteiger partial charge in [0.15, 0.2) is 0 Å². The van der Waals surface area contributed by atoms with Crippen LogP contribution in [0.2, 0.25) is 0 Å². The summed E-state index contributed by atoms with van der Waals surface area (Å²) in [6.45, 7) is -0.494. The van der Waals surface area contributed by atoms with Gasteiger partial charge in [0, 0.05) is 5.56 Å². The normalized spacial score (nSPS) is 11.8. The molecule has 2 aromatic carbocycles. The minimum Gasteiger partial charge on any atom is -0.457 e. The maximum Gasteiger partial charge on any atom is 0.267 e. The molecule has 27 heavy (non-hydrogen) atoms. The molecule has 1 atom stereocenters. The Hall–Kier alpha value is -3.29. The van der Waals surface area contributed by atoms with Gasteiger partial charge in [0.25, 0.3) is 5.91 Å². The number of ether oxygens (including phenoxy) is 1. The third-order valence-corrected chi connectivity index (χ3v) is 3.86. The highest BCUT2D eigenvalue weighted by atomic mass is 19.1. The number of nitrogens with zero attached hydrogens (tertiary/aromatic N) is 1. The zero-order chi connectivity index (χ0) is 19.4. The number of rotatable bonds is 6. The summed E-state index contributed by atoms with van der Waals surface area (Å²) in [5.74, 6) is -0.0585. The number of amides is 1. The van der Waals surface area contributed by atoms with Gasteiger partial charge in [-0.2, -0.15) is 0 Å². The molecule has 3 rings (SSSR count). The summed E-state index contributed by atoms with van der Waals surface area (Å²) in [7, 11) is 0. The summed E-state index contributed by atoms with van der Waals surface area (Å²) in [5, 5.41) is 19.0. The van der Waals surface area contributed by atoms with Crippen molar-refractivity contribution in [2.45, 2.75) is 6.10 Å². The van der Waals surface area contributed by atoms with Crippen LogP contribution in [0.25, 0.3) is 11.3 Å². The molecular weight excluding hydrogens is 351 g/mol. The van der Waals surface area contributed by atoms with Crippen molar-refractivity contribution in [1.82, 2.24) is 4.98 Å². The van der Waals surface area contributed by atoms with Crippen molar-refractivity contribution in [2.75, 3.05) is 6.61 Å². The molecule has 0 fully saturated rings. The van der Waals surface area contributed by atoms with Crippen LogP contribution in [0.1, 0.15) is 22.2 Å². The number of aromatic nitrogens is 1. The average Bonchev–Trinajstić information content (AvgIpc) is 2.69. The SMILES string of the molecule is NC(=O)c1cc([C@@H](O)CO)cc(-c2ccc(Oc3ccc(F)cc3)cc2)n1. The second-order valence-corrected chi connectivity index (χ2v) is 5.81. The summed E-state index contributed by atoms with van der Waals surface area (Å²) in [6.07, 6.45) is -1.15. The molecule has 0 saturated carbocycles. The number of primary amides is 1. The summed E-state index contributed by atoms with van der Waals surface area (Å²) in [6, 6.07) is 15.4. The zero-order valence-electron chi connectivity index (χ0n) is 14.2. The van der Waals surface area contributed by atoms with Crippen LogP contribution < -0.4 is 10.5 Å². The molecule has 0 radical (unpaired) electrons. The first-order valence-corrected chi connectivity index (χ1v) is 8.11. The summed E-state index contributed by atoms with van der Waals surface area (Å²) >= 11 is 0. The van der Waals surface area contributed by atoms with E-state index in [2.05, 4.69) is 4.98 Å². The highest BCUT2D eigenvalue weighted by Crippen LogP contribution is 2.27. The van der Waals surface area contributed by atoms with E-state index >= 15 is 0 Å². The largest absolute Gasteiger partial charge is 0.457 e. The smallest absolute Gasteiger partial charge is 0.267 e. The number of carbonyl (C=O) groups is 1. The predicted molar refractivity (Wildman–Crippen MR) is 96.7 cm³/mol. The van der Waals surface area contributed by atoms with E-state index in [1.165, 1.54) is 30.3 Å². The lowest BCUT2D eigenvalue weighted by atomic mass is 10.0. The monoisotopic (exact) mass is 368 g/mol. The van der Waals surface area contributed by atoms with E-state index in [1.807, 2.05) is 0 Å². The third kappa shape index (κ3) is 4.46. The van der Waals surface area contributed by atoms with Crippen LogP contribution in [0.3, 0.4) is 0 Å². The van der Waals surface area contributed by atoms with Crippen molar-refractivity contribution in [2.24, 2.45) is 5.73 Å². The minimum atomic E-state index is -1.15. The van der Waals surface area contributed by atoms with E-state index in [9.17, 15) is 14.3 Å². The number of halogens is 1. The summed E-state index contributed by atoms with van der Waals surface area (Å²) < 4.78 is 18.6. The number of benzene rings is 2. The van der Waals surface area contributed by atoms with E-state index in [0.29, 0.717) is 28.3 Å². The van der Waals surface area contributed by atoms with Gasteiger partial charge in [-0.05, 0) is 66.2 Å². The minimum absolute atomic E-state index is 0.0124. The molecule has 0 aliphatic carbocycles. The van der Waals surface area contributed by atoms with Crippen LogP contribution in [0.5, 0.6) is 11.5 Å². The van der Waals surface area contributed by atoms with Crippen molar-refractivity contribution >= 4 is 5.91 Å². The first-order chi connectivity index (χ1) is 13.0. The molecule has 0 saturated heterocycles. The van der Waals surface area contributed by atoms with Crippen LogP contribution in [-0.2, 0) is 0 Å². The van der Waals surface area contributed by atoms with Crippen LogP contribution in [0.15, 0.2) is 60.7 Å². The van der Waals surface area contributed by atoms with E-state index in [1.54, 1.807) is 30.3 Å². The Labute approximate surface area is 154 Å². The molecule has 6 nitrogen and oxygen atoms in total. The lowest BCUT2D eigenvalue weighted by Crippen LogP contribution is -2.15. The number of aliphatic hydroxyl groups excluding tert-OH is 2. The van der Waals surface area contributed by atoms with Crippen LogP contribution in [0, 0.1) is 5.82 Å². The molecule has 1 heterocycles. The van der Waals surface area contributed by atoms with Gasteiger partial charge in [-0.15, -0.1) is 0 Å². The molecule has 7 heteroatoms. The Morgan fingerprint density at radius 3 is 2.22 bits per heavy atom. The van der Waals surface area contributed by atoms with E-state index in [4.69, 9.17) is 15.6 Å².